The lowest BCUT2D eigenvalue weighted by Crippen LogP contribution is -2.47. The van der Waals surface area contributed by atoms with E-state index in [9.17, 15) is 9.59 Å². The lowest BCUT2D eigenvalue weighted by molar-refractivity contribution is -0.123. The smallest absolute Gasteiger partial charge is 0.305 e. The van der Waals surface area contributed by atoms with Crippen LogP contribution in [0.2, 0.25) is 10.2 Å². The van der Waals surface area contributed by atoms with Crippen molar-refractivity contribution in [2.45, 2.75) is 31.8 Å². The number of aromatic amines is 1. The van der Waals surface area contributed by atoms with E-state index in [1.54, 1.807) is 16.8 Å². The number of imidazole rings is 1. The Bertz CT molecular complexity index is 1180. The summed E-state index contributed by atoms with van der Waals surface area (Å²) in [6, 6.07) is 10.0. The number of halogens is 2. The van der Waals surface area contributed by atoms with Gasteiger partial charge in [-0.05, 0) is 31.4 Å². The highest BCUT2D eigenvalue weighted by molar-refractivity contribution is 6.41. The van der Waals surface area contributed by atoms with Gasteiger partial charge in [-0.25, -0.2) is 0 Å². The van der Waals surface area contributed by atoms with Crippen molar-refractivity contribution in [3.8, 4) is 0 Å². The van der Waals surface area contributed by atoms with Crippen molar-refractivity contribution in [3.63, 3.8) is 0 Å². The van der Waals surface area contributed by atoms with Crippen LogP contribution in [0.15, 0.2) is 59.5 Å². The zero-order valence-corrected chi connectivity index (χ0v) is 18.7. The summed E-state index contributed by atoms with van der Waals surface area (Å²) in [4.78, 5) is 32.9. The second kappa shape index (κ2) is 9.50. The van der Waals surface area contributed by atoms with Gasteiger partial charge in [0.25, 0.3) is 5.91 Å². The van der Waals surface area contributed by atoms with Gasteiger partial charge in [0.15, 0.2) is 0 Å². The summed E-state index contributed by atoms with van der Waals surface area (Å²) >= 11 is 11.8. The van der Waals surface area contributed by atoms with Crippen LogP contribution in [-0.2, 0) is 11.2 Å². The molecule has 0 saturated heterocycles. The topological polar surface area (TPSA) is 104 Å². The van der Waals surface area contributed by atoms with E-state index in [1.807, 2.05) is 37.3 Å². The molecule has 2 amide bonds. The molecular formula is C22H21Cl2N5O3. The zero-order valence-electron chi connectivity index (χ0n) is 17.1. The van der Waals surface area contributed by atoms with E-state index in [-0.39, 0.29) is 27.8 Å². The predicted molar refractivity (Wildman–Crippen MR) is 121 cm³/mol. The number of hydrogen-bond donors (Lipinski definition) is 3. The first-order chi connectivity index (χ1) is 15.4. The standard InChI is InChI=1S/C22H21Cl2N5O3/c1-13(18-12-29-9-10-32-22(29)28-18)25-20(30)16(8-7-14-5-3-2-4-6-14)27-21(31)17-11-15(23)19(24)26-17/h2-6,9-13,16,26H,7-8H2,1H3,(H,25,30)(H,27,31)/t13-,16-/m0/s1. The van der Waals surface area contributed by atoms with E-state index < -0.39 is 11.9 Å². The van der Waals surface area contributed by atoms with E-state index in [0.717, 1.165) is 5.56 Å². The average Bonchev–Trinajstić information content (AvgIpc) is 3.47. The lowest BCUT2D eigenvalue weighted by Gasteiger charge is -2.20. The first-order valence-electron chi connectivity index (χ1n) is 10.0. The Labute approximate surface area is 193 Å². The largest absolute Gasteiger partial charge is 0.432 e. The minimum absolute atomic E-state index is 0.167. The number of fused-ring (bicyclic) bond motifs is 1. The number of oxazole rings is 1. The van der Waals surface area contributed by atoms with Crippen molar-refractivity contribution in [1.82, 2.24) is 25.0 Å². The van der Waals surface area contributed by atoms with Crippen molar-refractivity contribution in [1.29, 1.82) is 0 Å². The predicted octanol–water partition coefficient (Wildman–Crippen LogP) is 4.17. The van der Waals surface area contributed by atoms with Crippen LogP contribution in [0.3, 0.4) is 0 Å². The van der Waals surface area contributed by atoms with Crippen molar-refractivity contribution in [2.24, 2.45) is 0 Å². The molecule has 0 unspecified atom stereocenters. The second-order valence-electron chi connectivity index (χ2n) is 7.38. The summed E-state index contributed by atoms with van der Waals surface area (Å²) in [5.74, 6) is -0.357. The number of rotatable bonds is 8. The monoisotopic (exact) mass is 473 g/mol. The number of aromatic nitrogens is 3. The Morgan fingerprint density at radius 3 is 2.69 bits per heavy atom. The van der Waals surface area contributed by atoms with Gasteiger partial charge in [0, 0.05) is 12.4 Å². The second-order valence-corrected chi connectivity index (χ2v) is 8.17. The van der Waals surface area contributed by atoms with Gasteiger partial charge in [-0.2, -0.15) is 4.98 Å². The molecule has 3 aromatic heterocycles. The van der Waals surface area contributed by atoms with Gasteiger partial charge in [-0.15, -0.1) is 0 Å². The van der Waals surface area contributed by atoms with Crippen LogP contribution in [0, 0.1) is 0 Å². The molecule has 3 N–H and O–H groups in total. The highest BCUT2D eigenvalue weighted by atomic mass is 35.5. The fourth-order valence-corrected chi connectivity index (χ4v) is 3.64. The summed E-state index contributed by atoms with van der Waals surface area (Å²) in [5, 5.41) is 6.10. The maximum Gasteiger partial charge on any atom is 0.305 e. The van der Waals surface area contributed by atoms with Crippen LogP contribution in [0.25, 0.3) is 5.84 Å². The minimum Gasteiger partial charge on any atom is -0.432 e. The van der Waals surface area contributed by atoms with Crippen LogP contribution in [-0.4, -0.2) is 32.2 Å². The molecule has 3 heterocycles. The van der Waals surface area contributed by atoms with Crippen molar-refractivity contribution in [3.05, 3.63) is 82.2 Å². The highest BCUT2D eigenvalue weighted by Gasteiger charge is 2.25. The molecule has 0 fully saturated rings. The van der Waals surface area contributed by atoms with Gasteiger partial charge >= 0.3 is 5.84 Å². The maximum absolute atomic E-state index is 13.1. The third kappa shape index (κ3) is 4.98. The lowest BCUT2D eigenvalue weighted by atomic mass is 10.0. The third-order valence-corrected chi connectivity index (χ3v) is 5.76. The molecule has 8 nitrogen and oxygen atoms in total. The van der Waals surface area contributed by atoms with Gasteiger partial charge in [-0.1, -0.05) is 53.5 Å². The minimum atomic E-state index is -0.781. The number of nitrogens with zero attached hydrogens (tertiary/aromatic N) is 2. The van der Waals surface area contributed by atoms with E-state index in [1.165, 1.54) is 12.3 Å². The number of nitrogens with one attached hydrogen (secondary N) is 3. The van der Waals surface area contributed by atoms with Crippen molar-refractivity contribution in [2.75, 3.05) is 0 Å². The van der Waals surface area contributed by atoms with Crippen LogP contribution in [0.1, 0.15) is 41.1 Å². The summed E-state index contributed by atoms with van der Waals surface area (Å²) in [5.41, 5.74) is 1.89. The van der Waals surface area contributed by atoms with Gasteiger partial charge in [0.2, 0.25) is 5.91 Å². The molecule has 2 atom stereocenters. The quantitative estimate of drug-likeness (QED) is 0.357. The Morgan fingerprint density at radius 1 is 1.22 bits per heavy atom. The molecule has 4 rings (SSSR count). The normalized spacial score (nSPS) is 13.1. The first-order valence-corrected chi connectivity index (χ1v) is 10.8. The molecule has 1 aromatic carbocycles. The number of aryl methyl sites for hydroxylation is 1. The maximum atomic E-state index is 13.1. The zero-order chi connectivity index (χ0) is 22.7. The molecule has 4 aromatic rings. The van der Waals surface area contributed by atoms with Gasteiger partial charge in [-0.3, -0.25) is 14.0 Å². The van der Waals surface area contributed by atoms with Crippen molar-refractivity contribution >= 4 is 40.9 Å². The number of H-pyrrole nitrogens is 1. The molecule has 0 bridgehead atoms. The number of carbonyl (C=O) groups is 2. The van der Waals surface area contributed by atoms with Crippen molar-refractivity contribution < 1.29 is 14.0 Å². The van der Waals surface area contributed by atoms with Gasteiger partial charge in [0.05, 0.1) is 16.8 Å². The first kappa shape index (κ1) is 22.0. The van der Waals surface area contributed by atoms with Gasteiger partial charge in [0.1, 0.15) is 23.2 Å². The van der Waals surface area contributed by atoms with Crippen LogP contribution >= 0.6 is 23.2 Å². The Kier molecular flexibility index (Phi) is 6.53. The van der Waals surface area contributed by atoms with Crippen LogP contribution < -0.4 is 10.6 Å². The molecule has 0 spiro atoms. The molecule has 166 valence electrons. The molecule has 10 heteroatoms. The van der Waals surface area contributed by atoms with E-state index in [4.69, 9.17) is 27.6 Å². The average molecular weight is 474 g/mol. The Hall–Kier alpha value is -3.23. The number of benzene rings is 1. The molecule has 0 aliphatic rings. The summed E-state index contributed by atoms with van der Waals surface area (Å²) in [7, 11) is 0. The molecule has 0 aliphatic carbocycles. The fraction of sp³-hybridized carbons (Fsp3) is 0.227. The molecule has 0 aliphatic heterocycles. The molecule has 0 radical (unpaired) electrons. The number of carbonyl (C=O) groups excluding carboxylic acids is 2. The summed E-state index contributed by atoms with van der Waals surface area (Å²) < 4.78 is 6.99. The summed E-state index contributed by atoms with van der Waals surface area (Å²) in [6.07, 6.45) is 6.06. The SMILES string of the molecule is C[C@H](NC(=O)[C@H](CCc1ccccc1)NC(=O)c1cc(Cl)c(Cl)[nH]1)c1cn2ccoc2n1. The Balaban J connectivity index is 1.47. The molecule has 32 heavy (non-hydrogen) atoms. The molecule has 0 saturated carbocycles. The van der Waals surface area contributed by atoms with E-state index >= 15 is 0 Å². The van der Waals surface area contributed by atoms with Crippen LogP contribution in [0.4, 0.5) is 0 Å². The van der Waals surface area contributed by atoms with Crippen LogP contribution in [0.5, 0.6) is 0 Å². The summed E-state index contributed by atoms with van der Waals surface area (Å²) in [6.45, 7) is 1.82. The van der Waals surface area contributed by atoms with E-state index in [2.05, 4.69) is 20.6 Å². The highest BCUT2D eigenvalue weighted by Crippen LogP contribution is 2.22. The molecular weight excluding hydrogens is 453 g/mol. The fourth-order valence-electron chi connectivity index (χ4n) is 3.33. The van der Waals surface area contributed by atoms with E-state index in [0.29, 0.717) is 24.4 Å². The Morgan fingerprint density at radius 2 is 2.00 bits per heavy atom. The number of amides is 2. The third-order valence-electron chi connectivity index (χ3n) is 5.07. The van der Waals surface area contributed by atoms with Gasteiger partial charge < -0.3 is 20.0 Å². The number of hydrogen-bond acceptors (Lipinski definition) is 4.